The van der Waals surface area contributed by atoms with Crippen molar-refractivity contribution in [2.45, 2.75) is 0 Å². The average Bonchev–Trinajstić information content (AvgIpc) is 3.12. The highest BCUT2D eigenvalue weighted by molar-refractivity contribution is 8.27. The lowest BCUT2D eigenvalue weighted by Crippen LogP contribution is -2.27. The van der Waals surface area contributed by atoms with Crippen LogP contribution in [0.15, 0.2) is 71.6 Å². The van der Waals surface area contributed by atoms with Gasteiger partial charge in [0.1, 0.15) is 11.6 Å². The standard InChI is InChI=1S/C25H18FNO5S2/c1-30-19-10-6-5-9-18(19)27-23(28)22(34-25(27)33)14-15-11-12-20(21(13-15)31-2)32-24(29)16-7-3-4-8-17(16)26/h3-14H,1-2H3. The van der Waals surface area contributed by atoms with E-state index in [1.54, 1.807) is 42.5 Å². The third-order valence-corrected chi connectivity index (χ3v) is 6.20. The molecule has 3 aromatic carbocycles. The second-order valence-corrected chi connectivity index (χ2v) is 8.64. The van der Waals surface area contributed by atoms with Crippen molar-refractivity contribution in [1.82, 2.24) is 0 Å². The number of benzene rings is 3. The van der Waals surface area contributed by atoms with Gasteiger partial charge in [0, 0.05) is 0 Å². The molecule has 6 nitrogen and oxygen atoms in total. The van der Waals surface area contributed by atoms with Crippen molar-refractivity contribution in [3.63, 3.8) is 0 Å². The van der Waals surface area contributed by atoms with Crippen LogP contribution in [0, 0.1) is 5.82 Å². The van der Waals surface area contributed by atoms with E-state index in [0.717, 1.165) is 11.8 Å². The molecule has 0 bridgehead atoms. The third kappa shape index (κ3) is 4.66. The SMILES string of the molecule is COc1cc(C=C2SC(=S)N(c3ccccc3OC)C2=O)ccc1OC(=O)c1ccccc1F. The number of halogens is 1. The molecule has 34 heavy (non-hydrogen) atoms. The summed E-state index contributed by atoms with van der Waals surface area (Å²) in [7, 11) is 2.94. The number of hydrogen-bond acceptors (Lipinski definition) is 7. The molecular weight excluding hydrogens is 477 g/mol. The van der Waals surface area contributed by atoms with Crippen molar-refractivity contribution in [2.24, 2.45) is 0 Å². The first-order valence-corrected chi connectivity index (χ1v) is 11.2. The first-order chi connectivity index (χ1) is 16.4. The van der Waals surface area contributed by atoms with Gasteiger partial charge in [-0.2, -0.15) is 0 Å². The van der Waals surface area contributed by atoms with Crippen LogP contribution >= 0.6 is 24.0 Å². The van der Waals surface area contributed by atoms with Crippen LogP contribution in [0.3, 0.4) is 0 Å². The fourth-order valence-electron chi connectivity index (χ4n) is 3.28. The first-order valence-electron chi connectivity index (χ1n) is 9.98. The van der Waals surface area contributed by atoms with E-state index in [9.17, 15) is 14.0 Å². The zero-order valence-corrected chi connectivity index (χ0v) is 19.7. The third-order valence-electron chi connectivity index (χ3n) is 4.90. The van der Waals surface area contributed by atoms with E-state index in [1.165, 1.54) is 43.4 Å². The number of rotatable bonds is 6. The van der Waals surface area contributed by atoms with Gasteiger partial charge in [0.2, 0.25) is 0 Å². The smallest absolute Gasteiger partial charge is 0.346 e. The Balaban J connectivity index is 1.59. The molecule has 1 amide bonds. The van der Waals surface area contributed by atoms with Crippen molar-refractivity contribution in [3.8, 4) is 17.2 Å². The molecule has 3 aromatic rings. The van der Waals surface area contributed by atoms with Crippen molar-refractivity contribution >= 4 is 51.9 Å². The molecular formula is C25H18FNO5S2. The largest absolute Gasteiger partial charge is 0.495 e. The number of amides is 1. The number of anilines is 1. The van der Waals surface area contributed by atoms with Crippen LogP contribution in [0.25, 0.3) is 6.08 Å². The fraction of sp³-hybridized carbons (Fsp3) is 0.0800. The minimum atomic E-state index is -0.846. The first kappa shape index (κ1) is 23.5. The Morgan fingerprint density at radius 3 is 2.41 bits per heavy atom. The summed E-state index contributed by atoms with van der Waals surface area (Å²) in [5, 5.41) is 0. The lowest BCUT2D eigenvalue weighted by molar-refractivity contribution is -0.113. The number of para-hydroxylation sites is 2. The van der Waals surface area contributed by atoms with Crippen LogP contribution in [0.5, 0.6) is 17.2 Å². The summed E-state index contributed by atoms with van der Waals surface area (Å²) in [6.45, 7) is 0. The summed E-state index contributed by atoms with van der Waals surface area (Å²) >= 11 is 6.60. The number of esters is 1. The van der Waals surface area contributed by atoms with Crippen LogP contribution in [0.1, 0.15) is 15.9 Å². The molecule has 0 N–H and O–H groups in total. The van der Waals surface area contributed by atoms with Gasteiger partial charge in [-0.25, -0.2) is 9.18 Å². The van der Waals surface area contributed by atoms with E-state index in [2.05, 4.69) is 0 Å². The molecule has 4 rings (SSSR count). The number of nitrogens with zero attached hydrogens (tertiary/aromatic N) is 1. The van der Waals surface area contributed by atoms with Gasteiger partial charge in [0.15, 0.2) is 15.8 Å². The van der Waals surface area contributed by atoms with Crippen LogP contribution in [-0.4, -0.2) is 30.4 Å². The monoisotopic (exact) mass is 495 g/mol. The van der Waals surface area contributed by atoms with E-state index in [4.69, 9.17) is 26.4 Å². The van der Waals surface area contributed by atoms with Gasteiger partial charge in [-0.3, -0.25) is 9.69 Å². The molecule has 0 radical (unpaired) electrons. The average molecular weight is 496 g/mol. The number of ether oxygens (including phenoxy) is 3. The zero-order chi connectivity index (χ0) is 24.2. The molecule has 1 aliphatic rings. The molecule has 0 aliphatic carbocycles. The fourth-order valence-corrected chi connectivity index (χ4v) is 4.57. The van der Waals surface area contributed by atoms with Gasteiger partial charge in [-0.15, -0.1) is 0 Å². The predicted molar refractivity (Wildman–Crippen MR) is 133 cm³/mol. The highest BCUT2D eigenvalue weighted by Crippen LogP contribution is 2.40. The minimum Gasteiger partial charge on any atom is -0.495 e. The van der Waals surface area contributed by atoms with Crippen molar-refractivity contribution in [1.29, 1.82) is 0 Å². The summed E-state index contributed by atoms with van der Waals surface area (Å²) in [5.74, 6) is -0.911. The van der Waals surface area contributed by atoms with Crippen LogP contribution in [0.2, 0.25) is 0 Å². The minimum absolute atomic E-state index is 0.120. The van der Waals surface area contributed by atoms with Crippen molar-refractivity contribution in [2.75, 3.05) is 19.1 Å². The Hall–Kier alpha value is -3.69. The summed E-state index contributed by atoms with van der Waals surface area (Å²) in [5.41, 5.74) is 1.00. The molecule has 0 atom stereocenters. The Morgan fingerprint density at radius 1 is 0.971 bits per heavy atom. The highest BCUT2D eigenvalue weighted by atomic mass is 32.2. The molecule has 9 heteroatoms. The highest BCUT2D eigenvalue weighted by Gasteiger charge is 2.34. The van der Waals surface area contributed by atoms with E-state index in [0.29, 0.717) is 26.2 Å². The van der Waals surface area contributed by atoms with E-state index >= 15 is 0 Å². The van der Waals surface area contributed by atoms with Crippen LogP contribution in [0.4, 0.5) is 10.1 Å². The van der Waals surface area contributed by atoms with Crippen molar-refractivity contribution in [3.05, 3.63) is 88.6 Å². The Morgan fingerprint density at radius 2 is 1.68 bits per heavy atom. The Bertz CT molecular complexity index is 1320. The molecule has 0 spiro atoms. The van der Waals surface area contributed by atoms with Gasteiger partial charge < -0.3 is 14.2 Å². The van der Waals surface area contributed by atoms with E-state index in [-0.39, 0.29) is 23.0 Å². The molecule has 0 unspecified atom stereocenters. The van der Waals surface area contributed by atoms with Gasteiger partial charge >= 0.3 is 5.97 Å². The van der Waals surface area contributed by atoms with Gasteiger partial charge in [0.25, 0.3) is 5.91 Å². The normalized spacial score (nSPS) is 14.4. The zero-order valence-electron chi connectivity index (χ0n) is 18.1. The number of methoxy groups -OCH3 is 2. The number of thiocarbonyl (C=S) groups is 1. The van der Waals surface area contributed by atoms with Crippen LogP contribution in [-0.2, 0) is 4.79 Å². The lowest BCUT2D eigenvalue weighted by Gasteiger charge is -2.17. The lowest BCUT2D eigenvalue weighted by atomic mass is 10.1. The number of carbonyl (C=O) groups excluding carboxylic acids is 2. The van der Waals surface area contributed by atoms with E-state index in [1.807, 2.05) is 6.07 Å². The number of hydrogen-bond donors (Lipinski definition) is 0. The number of thioether (sulfide) groups is 1. The van der Waals surface area contributed by atoms with Gasteiger partial charge in [0.05, 0.1) is 30.4 Å². The molecule has 0 saturated carbocycles. The molecule has 1 saturated heterocycles. The summed E-state index contributed by atoms with van der Waals surface area (Å²) in [4.78, 5) is 27.3. The maximum Gasteiger partial charge on any atom is 0.346 e. The second-order valence-electron chi connectivity index (χ2n) is 6.97. The topological polar surface area (TPSA) is 65.1 Å². The van der Waals surface area contributed by atoms with Gasteiger partial charge in [-0.1, -0.05) is 54.3 Å². The van der Waals surface area contributed by atoms with Gasteiger partial charge in [-0.05, 0) is 48.0 Å². The van der Waals surface area contributed by atoms with Crippen molar-refractivity contribution < 1.29 is 28.2 Å². The summed E-state index contributed by atoms with van der Waals surface area (Å²) < 4.78 is 30.3. The molecule has 172 valence electrons. The molecule has 1 aliphatic heterocycles. The second kappa shape index (κ2) is 10.1. The summed E-state index contributed by atoms with van der Waals surface area (Å²) in [6, 6.07) is 17.4. The maximum absolute atomic E-state index is 13.9. The van der Waals surface area contributed by atoms with E-state index < -0.39 is 11.8 Å². The molecule has 1 heterocycles. The quantitative estimate of drug-likeness (QED) is 0.195. The number of carbonyl (C=O) groups is 2. The molecule has 1 fully saturated rings. The maximum atomic E-state index is 13.9. The Kier molecular flexibility index (Phi) is 6.95. The van der Waals surface area contributed by atoms with Crippen LogP contribution < -0.4 is 19.1 Å². The summed E-state index contributed by atoms with van der Waals surface area (Å²) in [6.07, 6.45) is 1.67. The predicted octanol–water partition coefficient (Wildman–Crippen LogP) is 5.47. The Labute approximate surface area is 204 Å². The molecule has 0 aromatic heterocycles.